The average Bonchev–Trinajstić information content (AvgIpc) is 3.56. The first-order valence-corrected chi connectivity index (χ1v) is 17.8. The van der Waals surface area contributed by atoms with Crippen LogP contribution in [0.2, 0.25) is 10.0 Å². The molecule has 2 aliphatic heterocycles. The number of aromatic nitrogens is 2. The Hall–Kier alpha value is -4.29. The van der Waals surface area contributed by atoms with Crippen molar-refractivity contribution < 1.29 is 23.5 Å². The van der Waals surface area contributed by atoms with Crippen molar-refractivity contribution in [3.8, 4) is 45.3 Å². The largest absolute Gasteiger partial charge is 0.496 e. The van der Waals surface area contributed by atoms with Crippen LogP contribution in [0.5, 0.6) is 11.6 Å². The lowest BCUT2D eigenvalue weighted by molar-refractivity contribution is -0.130. The van der Waals surface area contributed by atoms with Crippen molar-refractivity contribution in [1.82, 2.24) is 30.8 Å². The Bertz CT molecular complexity index is 1920. The zero-order chi connectivity index (χ0) is 36.1. The van der Waals surface area contributed by atoms with Gasteiger partial charge in [-0.2, -0.15) is 0 Å². The lowest BCUT2D eigenvalue weighted by Crippen LogP contribution is -2.44. The van der Waals surface area contributed by atoms with Gasteiger partial charge in [0.1, 0.15) is 11.6 Å². The second kappa shape index (κ2) is 16.4. The van der Waals surface area contributed by atoms with Gasteiger partial charge in [-0.15, -0.1) is 0 Å². The lowest BCUT2D eigenvalue weighted by Gasteiger charge is -2.32. The molecule has 268 valence electrons. The summed E-state index contributed by atoms with van der Waals surface area (Å²) in [5, 5.41) is 10.5. The number of ether oxygens (including phenoxy) is 2. The summed E-state index contributed by atoms with van der Waals surface area (Å²) in [6.07, 6.45) is 4.59. The second-order valence-electron chi connectivity index (χ2n) is 12.8. The third-order valence-electron chi connectivity index (χ3n) is 9.53. The predicted molar refractivity (Wildman–Crippen MR) is 196 cm³/mol. The average molecular weight is 736 g/mol. The van der Waals surface area contributed by atoms with E-state index in [0.717, 1.165) is 24.8 Å². The Kier molecular flexibility index (Phi) is 11.7. The molecular weight excluding hydrogens is 694 g/mol. The lowest BCUT2D eigenvalue weighted by atomic mass is 9.98. The summed E-state index contributed by atoms with van der Waals surface area (Å²) in [4.78, 5) is 34.3. The maximum atomic E-state index is 15.7. The van der Waals surface area contributed by atoms with Crippen molar-refractivity contribution in [2.75, 3.05) is 33.9 Å². The molecule has 4 heterocycles. The molecule has 2 saturated heterocycles. The van der Waals surface area contributed by atoms with Gasteiger partial charge >= 0.3 is 0 Å². The number of hydrogen-bond acceptors (Lipinski definition) is 8. The van der Waals surface area contributed by atoms with Crippen LogP contribution >= 0.6 is 23.2 Å². The highest BCUT2D eigenvalue weighted by molar-refractivity contribution is 6.39. The Morgan fingerprint density at radius 2 is 1.76 bits per heavy atom. The Morgan fingerprint density at radius 1 is 1.00 bits per heavy atom. The van der Waals surface area contributed by atoms with E-state index in [-0.39, 0.29) is 30.4 Å². The summed E-state index contributed by atoms with van der Waals surface area (Å²) in [7, 11) is 3.08. The molecule has 2 aromatic carbocycles. The minimum absolute atomic E-state index is 0.0733. The van der Waals surface area contributed by atoms with Crippen LogP contribution in [-0.4, -0.2) is 72.6 Å². The number of likely N-dealkylation sites (tertiary alicyclic amines) is 1. The van der Waals surface area contributed by atoms with Crippen molar-refractivity contribution >= 4 is 35.0 Å². The van der Waals surface area contributed by atoms with E-state index in [1.807, 2.05) is 35.2 Å². The number of carbonyl (C=O) groups excluding carboxylic acids is 2. The fourth-order valence-corrected chi connectivity index (χ4v) is 7.33. The van der Waals surface area contributed by atoms with Crippen molar-refractivity contribution in [1.29, 1.82) is 0 Å². The number of nitrogens with one attached hydrogen (secondary N) is 3. The van der Waals surface area contributed by atoms with Gasteiger partial charge in [-0.1, -0.05) is 47.5 Å². The number of benzene rings is 2. The van der Waals surface area contributed by atoms with E-state index >= 15 is 4.39 Å². The Morgan fingerprint density at radius 3 is 2.47 bits per heavy atom. The van der Waals surface area contributed by atoms with Gasteiger partial charge in [-0.05, 0) is 43.5 Å². The van der Waals surface area contributed by atoms with Gasteiger partial charge in [-0.3, -0.25) is 14.6 Å². The molecule has 0 saturated carbocycles. The highest BCUT2D eigenvalue weighted by Gasteiger charge is 2.24. The maximum absolute atomic E-state index is 15.7. The summed E-state index contributed by atoms with van der Waals surface area (Å²) >= 11 is 14.1. The fourth-order valence-electron chi connectivity index (χ4n) is 6.68. The highest BCUT2D eigenvalue weighted by Crippen LogP contribution is 2.42. The predicted octanol–water partition coefficient (Wildman–Crippen LogP) is 6.41. The topological polar surface area (TPSA) is 118 Å². The molecule has 2 aromatic heterocycles. The number of hydrogen-bond donors (Lipinski definition) is 3. The van der Waals surface area contributed by atoms with Crippen LogP contribution < -0.4 is 25.4 Å². The number of carbonyl (C=O) groups is 2. The SMILES string of the molecule is COc1cc(-c2nccc(-c3cccc(-c4ccc(CNCC5CCC(=O)N5)c(OC)n4)c3Cl)c2Cl)cc(F)c1CNC1CCN(C(C)=O)CC1. The summed E-state index contributed by atoms with van der Waals surface area (Å²) in [6, 6.07) is 14.7. The van der Waals surface area contributed by atoms with Crippen LogP contribution in [0.25, 0.3) is 33.6 Å². The second-order valence-corrected chi connectivity index (χ2v) is 13.5. The molecular formula is C38H41Cl2FN6O4. The molecule has 10 nitrogen and oxygen atoms in total. The number of amides is 2. The molecule has 6 rings (SSSR count). The number of methoxy groups -OCH3 is 2. The van der Waals surface area contributed by atoms with E-state index in [4.69, 9.17) is 37.7 Å². The standard InChI is InChI=1S/C38H41Cl2FN6O4/c1-22(48)47-15-12-25(13-16-47)44-21-30-31(41)17-24(18-33(30)50-2)37-36(40)28(11-14-43-37)27-5-4-6-29(35(27)39)32-9-7-23(38(46-32)51-3)19-42-20-26-8-10-34(49)45-26/h4-7,9,11,14,17-18,25-26,42,44H,8,10,12-13,15-16,19-21H2,1-3H3,(H,45,49). The monoisotopic (exact) mass is 734 g/mol. The van der Waals surface area contributed by atoms with Gasteiger partial charge in [0.05, 0.1) is 35.7 Å². The minimum Gasteiger partial charge on any atom is -0.496 e. The van der Waals surface area contributed by atoms with Gasteiger partial charge < -0.3 is 30.3 Å². The fraction of sp³-hybridized carbons (Fsp3) is 0.368. The van der Waals surface area contributed by atoms with Crippen LogP contribution in [0.1, 0.15) is 43.7 Å². The highest BCUT2D eigenvalue weighted by atomic mass is 35.5. The molecule has 13 heteroatoms. The molecule has 0 bridgehead atoms. The molecule has 2 aliphatic rings. The van der Waals surface area contributed by atoms with Gasteiger partial charge in [0.25, 0.3) is 0 Å². The minimum atomic E-state index is -0.440. The zero-order valence-electron chi connectivity index (χ0n) is 28.8. The molecule has 0 spiro atoms. The summed E-state index contributed by atoms with van der Waals surface area (Å²) in [5.41, 5.74) is 4.73. The van der Waals surface area contributed by atoms with E-state index in [1.165, 1.54) is 13.2 Å². The molecule has 1 unspecified atom stereocenters. The van der Waals surface area contributed by atoms with E-state index in [9.17, 15) is 9.59 Å². The van der Waals surface area contributed by atoms with Crippen LogP contribution in [0.3, 0.4) is 0 Å². The first-order valence-electron chi connectivity index (χ1n) is 17.0. The number of rotatable bonds is 12. The number of pyridine rings is 2. The Labute approximate surface area is 307 Å². The zero-order valence-corrected chi connectivity index (χ0v) is 30.3. The quantitative estimate of drug-likeness (QED) is 0.153. The third-order valence-corrected chi connectivity index (χ3v) is 10.3. The number of halogens is 3. The van der Waals surface area contributed by atoms with Gasteiger partial charge in [0.2, 0.25) is 17.7 Å². The molecule has 0 radical (unpaired) electrons. The summed E-state index contributed by atoms with van der Waals surface area (Å²) in [6.45, 7) is 4.39. The van der Waals surface area contributed by atoms with Crippen LogP contribution in [0.4, 0.5) is 4.39 Å². The molecule has 0 aliphatic carbocycles. The van der Waals surface area contributed by atoms with E-state index in [2.05, 4.69) is 20.9 Å². The first-order chi connectivity index (χ1) is 24.7. The first kappa shape index (κ1) is 36.5. The normalized spacial score (nSPS) is 16.3. The van der Waals surface area contributed by atoms with Crippen molar-refractivity contribution in [3.05, 3.63) is 81.7 Å². The summed E-state index contributed by atoms with van der Waals surface area (Å²) in [5.74, 6) is 0.565. The number of piperidine rings is 1. The maximum Gasteiger partial charge on any atom is 0.220 e. The van der Waals surface area contributed by atoms with Crippen molar-refractivity contribution in [3.63, 3.8) is 0 Å². The molecule has 1 atom stereocenters. The van der Waals surface area contributed by atoms with E-state index in [1.54, 1.807) is 32.4 Å². The van der Waals surface area contributed by atoms with Gasteiger partial charge in [-0.25, -0.2) is 9.37 Å². The number of nitrogens with zero attached hydrogens (tertiary/aromatic N) is 3. The van der Waals surface area contributed by atoms with E-state index < -0.39 is 5.82 Å². The Balaban J connectivity index is 1.21. The van der Waals surface area contributed by atoms with Crippen LogP contribution in [0.15, 0.2) is 54.7 Å². The molecule has 2 fully saturated rings. The third kappa shape index (κ3) is 8.28. The van der Waals surface area contributed by atoms with Crippen molar-refractivity contribution in [2.45, 2.75) is 57.8 Å². The van der Waals surface area contributed by atoms with Crippen LogP contribution in [-0.2, 0) is 22.7 Å². The summed E-state index contributed by atoms with van der Waals surface area (Å²) < 4.78 is 27.0. The molecule has 4 aromatic rings. The molecule has 51 heavy (non-hydrogen) atoms. The molecule has 3 N–H and O–H groups in total. The van der Waals surface area contributed by atoms with E-state index in [0.29, 0.717) is 93.5 Å². The van der Waals surface area contributed by atoms with Gasteiger partial charge in [0, 0.05) is 97.7 Å². The smallest absolute Gasteiger partial charge is 0.220 e. The van der Waals surface area contributed by atoms with Gasteiger partial charge in [0.15, 0.2) is 0 Å². The van der Waals surface area contributed by atoms with Crippen molar-refractivity contribution in [2.24, 2.45) is 0 Å². The molecule has 2 amide bonds. The van der Waals surface area contributed by atoms with Crippen LogP contribution in [0, 0.1) is 5.82 Å².